The zero-order valence-corrected chi connectivity index (χ0v) is 16.8. The van der Waals surface area contributed by atoms with Gasteiger partial charge in [-0.05, 0) is 37.1 Å². The van der Waals surface area contributed by atoms with Crippen LogP contribution in [0.25, 0.3) is 0 Å². The highest BCUT2D eigenvalue weighted by Crippen LogP contribution is 2.14. The van der Waals surface area contributed by atoms with Gasteiger partial charge in [0, 0.05) is 11.6 Å². The molecule has 0 aliphatic rings. The van der Waals surface area contributed by atoms with E-state index < -0.39 is 5.97 Å². The Balaban J connectivity index is 2.25. The SMILES string of the molecule is CCCCCCCCCCOc1ccc(C(=O)N[C@@H](CC)CC(=O)O)cc1. The van der Waals surface area contributed by atoms with Gasteiger partial charge in [-0.3, -0.25) is 9.59 Å². The van der Waals surface area contributed by atoms with Gasteiger partial charge in [0.2, 0.25) is 0 Å². The lowest BCUT2D eigenvalue weighted by Crippen LogP contribution is -2.35. The van der Waals surface area contributed by atoms with Crippen molar-refractivity contribution in [2.45, 2.75) is 84.1 Å². The Hall–Kier alpha value is -2.04. The molecular formula is C22H35NO4. The number of hydrogen-bond donors (Lipinski definition) is 2. The summed E-state index contributed by atoms with van der Waals surface area (Å²) in [6, 6.07) is 6.65. The van der Waals surface area contributed by atoms with Crippen molar-refractivity contribution in [3.05, 3.63) is 29.8 Å². The molecule has 152 valence electrons. The van der Waals surface area contributed by atoms with Crippen LogP contribution in [0, 0.1) is 0 Å². The molecule has 1 rings (SSSR count). The van der Waals surface area contributed by atoms with Crippen molar-refractivity contribution < 1.29 is 19.4 Å². The fraction of sp³-hybridized carbons (Fsp3) is 0.636. The summed E-state index contributed by atoms with van der Waals surface area (Å²) in [5, 5.41) is 11.6. The Morgan fingerprint density at radius 2 is 1.56 bits per heavy atom. The van der Waals surface area contributed by atoms with E-state index in [9.17, 15) is 9.59 Å². The van der Waals surface area contributed by atoms with Gasteiger partial charge >= 0.3 is 5.97 Å². The highest BCUT2D eigenvalue weighted by Gasteiger charge is 2.15. The van der Waals surface area contributed by atoms with E-state index in [0.29, 0.717) is 18.6 Å². The van der Waals surface area contributed by atoms with Crippen LogP contribution in [0.5, 0.6) is 5.75 Å². The summed E-state index contributed by atoms with van der Waals surface area (Å²) in [5.41, 5.74) is 0.512. The van der Waals surface area contributed by atoms with Gasteiger partial charge in [-0.1, -0.05) is 58.8 Å². The first-order chi connectivity index (χ1) is 13.1. The molecule has 2 N–H and O–H groups in total. The quantitative estimate of drug-likeness (QED) is 0.412. The van der Waals surface area contributed by atoms with Gasteiger partial charge in [-0.25, -0.2) is 0 Å². The molecule has 27 heavy (non-hydrogen) atoms. The summed E-state index contributed by atoms with van der Waals surface area (Å²) in [4.78, 5) is 23.0. The lowest BCUT2D eigenvalue weighted by molar-refractivity contribution is -0.137. The van der Waals surface area contributed by atoms with Crippen LogP contribution in [-0.4, -0.2) is 29.6 Å². The van der Waals surface area contributed by atoms with Crippen molar-refractivity contribution in [3.8, 4) is 5.75 Å². The molecule has 5 heteroatoms. The van der Waals surface area contributed by atoms with Crippen LogP contribution in [0.4, 0.5) is 0 Å². The zero-order valence-electron chi connectivity index (χ0n) is 16.8. The number of hydrogen-bond acceptors (Lipinski definition) is 3. The van der Waals surface area contributed by atoms with Crippen molar-refractivity contribution in [3.63, 3.8) is 0 Å². The molecule has 1 amide bonds. The number of carboxylic acids is 1. The maximum atomic E-state index is 12.2. The minimum absolute atomic E-state index is 0.0674. The third-order valence-corrected chi connectivity index (χ3v) is 4.63. The van der Waals surface area contributed by atoms with E-state index in [0.717, 1.165) is 12.2 Å². The Bertz CT molecular complexity index is 542. The first-order valence-electron chi connectivity index (χ1n) is 10.3. The second kappa shape index (κ2) is 14.1. The van der Waals surface area contributed by atoms with Crippen LogP contribution in [0.1, 0.15) is 88.4 Å². The standard InChI is InChI=1S/C22H35NO4/c1-3-5-6-7-8-9-10-11-16-27-20-14-12-18(13-15-20)22(26)23-19(4-2)17-21(24)25/h12-15,19H,3-11,16-17H2,1-2H3,(H,23,26)(H,24,25)/t19-/m0/s1. The zero-order chi connectivity index (χ0) is 19.9. The summed E-state index contributed by atoms with van der Waals surface area (Å²) >= 11 is 0. The molecule has 0 unspecified atom stereocenters. The fourth-order valence-electron chi connectivity index (χ4n) is 2.91. The first-order valence-corrected chi connectivity index (χ1v) is 10.3. The number of carboxylic acid groups (broad SMARTS) is 1. The van der Waals surface area contributed by atoms with Gasteiger partial charge in [0.1, 0.15) is 5.75 Å². The molecule has 0 saturated heterocycles. The van der Waals surface area contributed by atoms with Crippen LogP contribution in [0.15, 0.2) is 24.3 Å². The molecule has 0 bridgehead atoms. The van der Waals surface area contributed by atoms with E-state index in [2.05, 4.69) is 12.2 Å². The average molecular weight is 378 g/mol. The maximum Gasteiger partial charge on any atom is 0.305 e. The number of ether oxygens (including phenoxy) is 1. The third kappa shape index (κ3) is 10.6. The van der Waals surface area contributed by atoms with E-state index in [1.807, 2.05) is 6.92 Å². The highest BCUT2D eigenvalue weighted by atomic mass is 16.5. The Kier molecular flexibility index (Phi) is 12.0. The summed E-state index contributed by atoms with van der Waals surface area (Å²) in [6.45, 7) is 4.78. The largest absolute Gasteiger partial charge is 0.494 e. The minimum Gasteiger partial charge on any atom is -0.494 e. The molecule has 0 saturated carbocycles. The number of amides is 1. The molecule has 0 radical (unpaired) electrons. The molecule has 1 aromatic carbocycles. The molecule has 1 aromatic rings. The van der Waals surface area contributed by atoms with Crippen molar-refractivity contribution in [2.75, 3.05) is 6.61 Å². The highest BCUT2D eigenvalue weighted by molar-refractivity contribution is 5.94. The molecule has 1 atom stereocenters. The lowest BCUT2D eigenvalue weighted by Gasteiger charge is -2.15. The van der Waals surface area contributed by atoms with Gasteiger partial charge in [-0.15, -0.1) is 0 Å². The number of unbranched alkanes of at least 4 members (excludes halogenated alkanes) is 7. The normalized spacial score (nSPS) is 11.8. The van der Waals surface area contributed by atoms with Crippen molar-refractivity contribution >= 4 is 11.9 Å². The minimum atomic E-state index is -0.910. The van der Waals surface area contributed by atoms with E-state index in [4.69, 9.17) is 9.84 Å². The second-order valence-corrected chi connectivity index (χ2v) is 7.02. The number of carbonyl (C=O) groups is 2. The molecule has 0 aromatic heterocycles. The summed E-state index contributed by atoms with van der Waals surface area (Å²) in [7, 11) is 0. The van der Waals surface area contributed by atoms with E-state index in [-0.39, 0.29) is 18.4 Å². The Morgan fingerprint density at radius 1 is 0.963 bits per heavy atom. The van der Waals surface area contributed by atoms with Crippen LogP contribution >= 0.6 is 0 Å². The topological polar surface area (TPSA) is 75.6 Å². The van der Waals surface area contributed by atoms with Crippen LogP contribution < -0.4 is 10.1 Å². The molecule has 5 nitrogen and oxygen atoms in total. The second-order valence-electron chi connectivity index (χ2n) is 7.02. The van der Waals surface area contributed by atoms with Gasteiger partial charge in [0.05, 0.1) is 13.0 Å². The predicted molar refractivity (Wildman–Crippen MR) is 108 cm³/mol. The summed E-state index contributed by atoms with van der Waals surface area (Å²) in [6.07, 6.45) is 10.6. The smallest absolute Gasteiger partial charge is 0.305 e. The van der Waals surface area contributed by atoms with Crippen molar-refractivity contribution in [1.82, 2.24) is 5.32 Å². The van der Waals surface area contributed by atoms with Crippen molar-refractivity contribution in [1.29, 1.82) is 0 Å². The van der Waals surface area contributed by atoms with E-state index in [1.54, 1.807) is 24.3 Å². The number of benzene rings is 1. The molecule has 0 aliphatic heterocycles. The lowest BCUT2D eigenvalue weighted by atomic mass is 10.1. The maximum absolute atomic E-state index is 12.2. The first kappa shape index (κ1) is 23.0. The number of carbonyl (C=O) groups excluding carboxylic acids is 1. The monoisotopic (exact) mass is 377 g/mol. The molecular weight excluding hydrogens is 342 g/mol. The Labute approximate surface area is 163 Å². The molecule has 0 aliphatic carbocycles. The number of nitrogens with one attached hydrogen (secondary N) is 1. The van der Waals surface area contributed by atoms with Gasteiger partial charge in [0.15, 0.2) is 0 Å². The summed E-state index contributed by atoms with van der Waals surface area (Å²) < 4.78 is 5.73. The molecule has 0 spiro atoms. The fourth-order valence-corrected chi connectivity index (χ4v) is 2.91. The van der Waals surface area contributed by atoms with E-state index >= 15 is 0 Å². The predicted octanol–water partition coefficient (Wildman–Crippen LogP) is 5.19. The van der Waals surface area contributed by atoms with Gasteiger partial charge < -0.3 is 15.2 Å². The number of rotatable bonds is 15. The van der Waals surface area contributed by atoms with Gasteiger partial charge in [-0.2, -0.15) is 0 Å². The van der Waals surface area contributed by atoms with Crippen molar-refractivity contribution in [2.24, 2.45) is 0 Å². The van der Waals surface area contributed by atoms with Crippen LogP contribution in [0.3, 0.4) is 0 Å². The number of aliphatic carboxylic acids is 1. The van der Waals surface area contributed by atoms with E-state index in [1.165, 1.54) is 44.9 Å². The van der Waals surface area contributed by atoms with Crippen LogP contribution in [-0.2, 0) is 4.79 Å². The average Bonchev–Trinajstić information content (AvgIpc) is 2.66. The molecule has 0 heterocycles. The summed E-state index contributed by atoms with van der Waals surface area (Å²) in [5.74, 6) is -0.406. The third-order valence-electron chi connectivity index (χ3n) is 4.63. The molecule has 0 fully saturated rings. The Morgan fingerprint density at radius 3 is 2.11 bits per heavy atom. The van der Waals surface area contributed by atoms with Gasteiger partial charge in [0.25, 0.3) is 5.91 Å². The van der Waals surface area contributed by atoms with Crippen LogP contribution in [0.2, 0.25) is 0 Å².